The predicted molar refractivity (Wildman–Crippen MR) is 50.3 cm³/mol. The number of hydrogen-bond donors (Lipinski definition) is 2. The van der Waals surface area contributed by atoms with Gasteiger partial charge in [0.2, 0.25) is 0 Å². The van der Waals surface area contributed by atoms with Crippen molar-refractivity contribution in [2.45, 2.75) is 20.4 Å². The molecular weight excluding hydrogens is 150 g/mol. The van der Waals surface area contributed by atoms with Crippen molar-refractivity contribution >= 4 is 0 Å². The second kappa shape index (κ2) is 3.59. The van der Waals surface area contributed by atoms with Crippen LogP contribution in [0, 0.1) is 13.8 Å². The van der Waals surface area contributed by atoms with Crippen LogP contribution in [-0.4, -0.2) is 12.2 Å². The number of aromatic hydroxyl groups is 1. The van der Waals surface area contributed by atoms with Crippen molar-refractivity contribution in [2.75, 3.05) is 7.05 Å². The Morgan fingerprint density at radius 2 is 1.92 bits per heavy atom. The van der Waals surface area contributed by atoms with E-state index >= 15 is 0 Å². The van der Waals surface area contributed by atoms with Gasteiger partial charge in [-0.3, -0.25) is 0 Å². The van der Waals surface area contributed by atoms with Gasteiger partial charge in [-0.2, -0.15) is 0 Å². The van der Waals surface area contributed by atoms with Gasteiger partial charge in [0.05, 0.1) is 0 Å². The minimum Gasteiger partial charge on any atom is -0.508 e. The van der Waals surface area contributed by atoms with E-state index in [1.54, 1.807) is 0 Å². The van der Waals surface area contributed by atoms with E-state index in [1.807, 2.05) is 33.0 Å². The van der Waals surface area contributed by atoms with Gasteiger partial charge in [-0.05, 0) is 43.7 Å². The van der Waals surface area contributed by atoms with Gasteiger partial charge < -0.3 is 10.4 Å². The monoisotopic (exact) mass is 165 g/mol. The number of phenols is 1. The van der Waals surface area contributed by atoms with Gasteiger partial charge in [0.25, 0.3) is 0 Å². The van der Waals surface area contributed by atoms with E-state index in [4.69, 9.17) is 0 Å². The maximum atomic E-state index is 9.37. The number of phenolic OH excluding ortho intramolecular Hbond substituents is 1. The van der Waals surface area contributed by atoms with Crippen LogP contribution in [0.15, 0.2) is 12.1 Å². The summed E-state index contributed by atoms with van der Waals surface area (Å²) >= 11 is 0. The van der Waals surface area contributed by atoms with E-state index in [2.05, 4.69) is 5.32 Å². The molecule has 0 atom stereocenters. The van der Waals surface area contributed by atoms with E-state index in [9.17, 15) is 5.11 Å². The fraction of sp³-hybridized carbons (Fsp3) is 0.400. The van der Waals surface area contributed by atoms with Crippen LogP contribution >= 0.6 is 0 Å². The second-order valence-corrected chi connectivity index (χ2v) is 3.10. The average molecular weight is 165 g/mol. The van der Waals surface area contributed by atoms with Crippen LogP contribution in [-0.2, 0) is 6.54 Å². The highest BCUT2D eigenvalue weighted by molar-refractivity contribution is 5.40. The molecule has 66 valence electrons. The van der Waals surface area contributed by atoms with Gasteiger partial charge in [0.15, 0.2) is 0 Å². The molecule has 1 aromatic rings. The van der Waals surface area contributed by atoms with Gasteiger partial charge >= 0.3 is 0 Å². The van der Waals surface area contributed by atoms with Crippen LogP contribution in [0.5, 0.6) is 5.75 Å². The van der Waals surface area contributed by atoms with E-state index in [1.165, 1.54) is 5.56 Å². The zero-order chi connectivity index (χ0) is 9.14. The predicted octanol–water partition coefficient (Wildman–Crippen LogP) is 1.73. The van der Waals surface area contributed by atoms with Crippen molar-refractivity contribution in [3.63, 3.8) is 0 Å². The fourth-order valence-corrected chi connectivity index (χ4v) is 1.24. The molecule has 1 rings (SSSR count). The summed E-state index contributed by atoms with van der Waals surface area (Å²) in [5.74, 6) is 0.382. The van der Waals surface area contributed by atoms with Gasteiger partial charge in [0, 0.05) is 6.54 Å². The van der Waals surface area contributed by atoms with Crippen LogP contribution in [0.1, 0.15) is 16.7 Å². The summed E-state index contributed by atoms with van der Waals surface area (Å²) in [7, 11) is 1.92. The van der Waals surface area contributed by atoms with Gasteiger partial charge in [-0.1, -0.05) is 6.07 Å². The number of rotatable bonds is 2. The largest absolute Gasteiger partial charge is 0.508 e. The third-order valence-corrected chi connectivity index (χ3v) is 2.02. The van der Waals surface area contributed by atoms with E-state index in [-0.39, 0.29) is 0 Å². The highest BCUT2D eigenvalue weighted by Crippen LogP contribution is 2.20. The molecule has 12 heavy (non-hydrogen) atoms. The molecule has 0 saturated carbocycles. The zero-order valence-corrected chi connectivity index (χ0v) is 7.81. The topological polar surface area (TPSA) is 32.3 Å². The van der Waals surface area contributed by atoms with E-state index in [0.29, 0.717) is 5.75 Å². The molecule has 0 aliphatic heterocycles. The highest BCUT2D eigenvalue weighted by Gasteiger charge is 2.01. The molecule has 0 spiro atoms. The standard InChI is InChI=1S/C10H15NO/c1-7-5-10(12)8(2)4-9(7)6-11-3/h4-5,11-12H,6H2,1-3H3. The summed E-state index contributed by atoms with van der Waals surface area (Å²) in [5, 5.41) is 12.5. The summed E-state index contributed by atoms with van der Waals surface area (Å²) in [4.78, 5) is 0. The van der Waals surface area contributed by atoms with Crippen LogP contribution in [0.25, 0.3) is 0 Å². The molecular formula is C10H15NO. The summed E-state index contributed by atoms with van der Waals surface area (Å²) in [6.07, 6.45) is 0. The van der Waals surface area contributed by atoms with E-state index in [0.717, 1.165) is 17.7 Å². The lowest BCUT2D eigenvalue weighted by Gasteiger charge is -2.07. The molecule has 0 aliphatic carbocycles. The third kappa shape index (κ3) is 1.77. The minimum absolute atomic E-state index is 0.382. The van der Waals surface area contributed by atoms with Gasteiger partial charge in [-0.15, -0.1) is 0 Å². The Morgan fingerprint density at radius 1 is 1.25 bits per heavy atom. The quantitative estimate of drug-likeness (QED) is 0.699. The Labute approximate surface area is 73.2 Å². The summed E-state index contributed by atoms with van der Waals surface area (Å²) in [6.45, 7) is 4.77. The molecule has 0 amide bonds. The molecule has 1 aromatic carbocycles. The van der Waals surface area contributed by atoms with Crippen LogP contribution in [0.2, 0.25) is 0 Å². The Balaban J connectivity index is 3.05. The van der Waals surface area contributed by atoms with Crippen molar-refractivity contribution in [3.05, 3.63) is 28.8 Å². The highest BCUT2D eigenvalue weighted by atomic mass is 16.3. The van der Waals surface area contributed by atoms with Crippen molar-refractivity contribution in [1.29, 1.82) is 0 Å². The van der Waals surface area contributed by atoms with Crippen molar-refractivity contribution in [3.8, 4) is 5.75 Å². The molecule has 0 aromatic heterocycles. The van der Waals surface area contributed by atoms with Crippen molar-refractivity contribution in [1.82, 2.24) is 5.32 Å². The Kier molecular flexibility index (Phi) is 2.71. The van der Waals surface area contributed by atoms with Crippen LogP contribution in [0.4, 0.5) is 0 Å². The van der Waals surface area contributed by atoms with Gasteiger partial charge in [-0.25, -0.2) is 0 Å². The number of nitrogens with one attached hydrogen (secondary N) is 1. The van der Waals surface area contributed by atoms with Crippen LogP contribution in [0.3, 0.4) is 0 Å². The maximum Gasteiger partial charge on any atom is 0.118 e. The molecule has 0 unspecified atom stereocenters. The summed E-state index contributed by atoms with van der Waals surface area (Å²) < 4.78 is 0. The minimum atomic E-state index is 0.382. The Bertz CT molecular complexity index is 281. The second-order valence-electron chi connectivity index (χ2n) is 3.10. The normalized spacial score (nSPS) is 10.2. The molecule has 2 N–H and O–H groups in total. The lowest BCUT2D eigenvalue weighted by molar-refractivity contribution is 0.470. The molecule has 0 heterocycles. The summed E-state index contributed by atoms with van der Waals surface area (Å²) in [6, 6.07) is 3.82. The number of benzene rings is 1. The maximum absolute atomic E-state index is 9.37. The first-order chi connectivity index (χ1) is 5.65. The SMILES string of the molecule is CNCc1cc(C)c(O)cc1C. The first-order valence-electron chi connectivity index (χ1n) is 4.09. The molecule has 0 fully saturated rings. The molecule has 2 nitrogen and oxygen atoms in total. The van der Waals surface area contributed by atoms with Crippen LogP contribution < -0.4 is 5.32 Å². The van der Waals surface area contributed by atoms with Crippen molar-refractivity contribution < 1.29 is 5.11 Å². The third-order valence-electron chi connectivity index (χ3n) is 2.02. The molecule has 0 bridgehead atoms. The summed E-state index contributed by atoms with van der Waals surface area (Å²) in [5.41, 5.74) is 3.31. The Morgan fingerprint density at radius 3 is 2.50 bits per heavy atom. The molecule has 0 saturated heterocycles. The first-order valence-corrected chi connectivity index (χ1v) is 4.09. The molecule has 0 aliphatic rings. The zero-order valence-electron chi connectivity index (χ0n) is 7.81. The average Bonchev–Trinajstić information content (AvgIpc) is 2.01. The lowest BCUT2D eigenvalue weighted by atomic mass is 10.0. The molecule has 0 radical (unpaired) electrons. The smallest absolute Gasteiger partial charge is 0.118 e. The Hall–Kier alpha value is -1.02. The number of hydrogen-bond acceptors (Lipinski definition) is 2. The number of aryl methyl sites for hydroxylation is 2. The molecule has 2 heteroatoms. The van der Waals surface area contributed by atoms with E-state index < -0.39 is 0 Å². The van der Waals surface area contributed by atoms with Gasteiger partial charge in [0.1, 0.15) is 5.75 Å². The fourth-order valence-electron chi connectivity index (χ4n) is 1.24. The van der Waals surface area contributed by atoms with Crippen molar-refractivity contribution in [2.24, 2.45) is 0 Å². The lowest BCUT2D eigenvalue weighted by Crippen LogP contribution is -2.06. The first kappa shape index (κ1) is 9.07.